The maximum Gasteiger partial charge on any atom is 0.348 e. The first-order valence-electron chi connectivity index (χ1n) is 9.39. The fraction of sp³-hybridized carbons (Fsp3) is 0.240. The molecule has 0 N–H and O–H groups in total. The summed E-state index contributed by atoms with van der Waals surface area (Å²) in [6.07, 6.45) is 2.20. The number of ether oxygens (including phenoxy) is 2. The molecule has 0 aliphatic carbocycles. The van der Waals surface area contributed by atoms with Gasteiger partial charge in [-0.3, -0.25) is 9.59 Å². The molecule has 0 heterocycles. The first-order valence-corrected chi connectivity index (χ1v) is 9.39. The molecule has 0 aromatic heterocycles. The largest absolute Gasteiger partial charge is 0.465 e. The average molecular weight is 437 g/mol. The first-order chi connectivity index (χ1) is 15.0. The lowest BCUT2D eigenvalue weighted by atomic mass is 10.1. The minimum Gasteiger partial charge on any atom is -0.465 e. The van der Waals surface area contributed by atoms with Crippen LogP contribution >= 0.6 is 0 Å². The first kappa shape index (κ1) is 30.0. The van der Waals surface area contributed by atoms with Crippen LogP contribution in [0.15, 0.2) is 66.2 Å². The van der Waals surface area contributed by atoms with Crippen molar-refractivity contribution in [2.75, 3.05) is 13.2 Å². The normalized spacial score (nSPS) is 8.94. The minimum absolute atomic E-state index is 0. The van der Waals surface area contributed by atoms with E-state index < -0.39 is 11.9 Å². The van der Waals surface area contributed by atoms with E-state index >= 15 is 0 Å². The average Bonchev–Trinajstić information content (AvgIpc) is 2.80. The summed E-state index contributed by atoms with van der Waals surface area (Å²) in [6, 6.07) is 21.8. The van der Waals surface area contributed by atoms with Crippen LogP contribution in [-0.2, 0) is 19.1 Å². The Bertz CT molecular complexity index is 911. The molecule has 0 fully saturated rings. The molecule has 0 saturated heterocycles. The second kappa shape index (κ2) is 20.1. The van der Waals surface area contributed by atoms with Crippen LogP contribution < -0.4 is 0 Å². The number of carbonyl (C=O) groups excluding carboxylic acids is 3. The lowest BCUT2D eigenvalue weighted by Gasteiger charge is -1.99. The van der Waals surface area contributed by atoms with Crippen molar-refractivity contribution in [3.05, 3.63) is 77.4 Å². The Morgan fingerprint density at radius 1 is 0.875 bits per heavy atom. The predicted molar refractivity (Wildman–Crippen MR) is 122 cm³/mol. The third-order valence-corrected chi connectivity index (χ3v) is 3.19. The van der Waals surface area contributed by atoms with Gasteiger partial charge in [0.05, 0.1) is 19.3 Å². The van der Waals surface area contributed by atoms with Gasteiger partial charge in [-0.1, -0.05) is 68.1 Å². The van der Waals surface area contributed by atoms with E-state index in [-0.39, 0.29) is 26.0 Å². The van der Waals surface area contributed by atoms with Gasteiger partial charge in [-0.2, -0.15) is 10.5 Å². The number of hydrogen-bond acceptors (Lipinski definition) is 7. The Morgan fingerprint density at radius 3 is 1.75 bits per heavy atom. The van der Waals surface area contributed by atoms with Crippen LogP contribution in [0, 0.1) is 22.7 Å². The Kier molecular flexibility index (Phi) is 18.8. The van der Waals surface area contributed by atoms with Gasteiger partial charge < -0.3 is 9.47 Å². The highest BCUT2D eigenvalue weighted by Gasteiger charge is 2.08. The lowest BCUT2D eigenvalue weighted by Crippen LogP contribution is -2.05. The van der Waals surface area contributed by atoms with E-state index in [0.717, 1.165) is 17.4 Å². The van der Waals surface area contributed by atoms with Crippen LogP contribution in [-0.4, -0.2) is 31.4 Å². The van der Waals surface area contributed by atoms with Gasteiger partial charge in [-0.05, 0) is 25.5 Å². The van der Waals surface area contributed by atoms with Crippen molar-refractivity contribution in [1.82, 2.24) is 0 Å². The zero-order valence-corrected chi connectivity index (χ0v) is 17.5. The maximum absolute atomic E-state index is 11.3. The smallest absolute Gasteiger partial charge is 0.348 e. The number of aldehydes is 1. The molecule has 0 radical (unpaired) electrons. The molecule has 0 bridgehead atoms. The van der Waals surface area contributed by atoms with Crippen LogP contribution in [0.3, 0.4) is 0 Å². The Morgan fingerprint density at radius 2 is 1.38 bits per heavy atom. The molecule has 0 atom stereocenters. The van der Waals surface area contributed by atoms with Crippen molar-refractivity contribution in [3.8, 4) is 12.1 Å². The summed E-state index contributed by atoms with van der Waals surface area (Å²) in [4.78, 5) is 31.5. The highest BCUT2D eigenvalue weighted by atomic mass is 16.5. The summed E-state index contributed by atoms with van der Waals surface area (Å²) in [5.41, 5.74) is 1.55. The highest BCUT2D eigenvalue weighted by Crippen LogP contribution is 2.07. The lowest BCUT2D eigenvalue weighted by molar-refractivity contribution is -0.142. The monoisotopic (exact) mass is 436 g/mol. The van der Waals surface area contributed by atoms with E-state index in [1.165, 1.54) is 6.08 Å². The summed E-state index contributed by atoms with van der Waals surface area (Å²) in [5, 5.41) is 16.7. The number of benzene rings is 2. The molecule has 2 aromatic rings. The maximum atomic E-state index is 11.3. The molecular weight excluding hydrogens is 408 g/mol. The number of esters is 2. The van der Waals surface area contributed by atoms with E-state index in [0.29, 0.717) is 6.61 Å². The van der Waals surface area contributed by atoms with Gasteiger partial charge in [0.2, 0.25) is 0 Å². The highest BCUT2D eigenvalue weighted by molar-refractivity contribution is 5.97. The molecule has 7 heteroatoms. The van der Waals surface area contributed by atoms with Crippen molar-refractivity contribution in [1.29, 1.82) is 10.5 Å². The molecular formula is C25H28N2O5. The zero-order valence-electron chi connectivity index (χ0n) is 17.5. The van der Waals surface area contributed by atoms with Crippen LogP contribution in [0.25, 0.3) is 6.08 Å². The molecule has 0 amide bonds. The minimum atomic E-state index is -0.580. The molecule has 0 spiro atoms. The topological polar surface area (TPSA) is 117 Å². The fourth-order valence-electron chi connectivity index (χ4n) is 1.87. The van der Waals surface area contributed by atoms with Crippen LogP contribution in [0.2, 0.25) is 0 Å². The number of carbonyl (C=O) groups is 3. The van der Waals surface area contributed by atoms with Gasteiger partial charge in [0.1, 0.15) is 24.3 Å². The van der Waals surface area contributed by atoms with Crippen molar-refractivity contribution in [3.63, 3.8) is 0 Å². The molecule has 32 heavy (non-hydrogen) atoms. The summed E-state index contributed by atoms with van der Waals surface area (Å²) in [5.74, 6) is -1.03. The van der Waals surface area contributed by atoms with E-state index in [2.05, 4.69) is 4.74 Å². The quantitative estimate of drug-likeness (QED) is 0.277. The summed E-state index contributed by atoms with van der Waals surface area (Å²) in [6.45, 7) is 4.03. The van der Waals surface area contributed by atoms with Crippen LogP contribution in [0.1, 0.15) is 43.6 Å². The van der Waals surface area contributed by atoms with Crippen molar-refractivity contribution in [2.24, 2.45) is 0 Å². The summed E-state index contributed by atoms with van der Waals surface area (Å²) >= 11 is 0. The fourth-order valence-corrected chi connectivity index (χ4v) is 1.87. The number of rotatable bonds is 6. The molecule has 168 valence electrons. The zero-order chi connectivity index (χ0) is 23.3. The molecule has 0 aliphatic heterocycles. The second-order valence-electron chi connectivity index (χ2n) is 5.47. The standard InChI is InChI=1S/C12H11NO2.C7H6O.C5H7NO2.CH4/c1-2-15-12(14)11(9-13)8-10-6-4-3-5-7-10;8-6-7-4-2-1-3-5-7;1-2-8-5(7)3-4-6;/h3-8H,2H2,1H3;1-6H;2-3H2,1H3;1H4/b11-8+;;;. The predicted octanol–water partition coefficient (Wildman–Crippen LogP) is 4.76. The molecule has 2 rings (SSSR count). The van der Waals surface area contributed by atoms with Crippen molar-refractivity contribution < 1.29 is 23.9 Å². The molecule has 0 aliphatic rings. The molecule has 7 nitrogen and oxygen atoms in total. The third kappa shape index (κ3) is 14.7. The summed E-state index contributed by atoms with van der Waals surface area (Å²) in [7, 11) is 0. The van der Waals surface area contributed by atoms with E-state index in [9.17, 15) is 14.4 Å². The Hall–Kier alpha value is -4.23. The van der Waals surface area contributed by atoms with Crippen LogP contribution in [0.5, 0.6) is 0 Å². The Labute approximate surface area is 189 Å². The van der Waals surface area contributed by atoms with Gasteiger partial charge >= 0.3 is 11.9 Å². The summed E-state index contributed by atoms with van der Waals surface area (Å²) < 4.78 is 9.16. The second-order valence-corrected chi connectivity index (χ2v) is 5.47. The van der Waals surface area contributed by atoms with E-state index in [1.807, 2.05) is 54.6 Å². The molecule has 0 saturated carbocycles. The van der Waals surface area contributed by atoms with Gasteiger partial charge in [0.25, 0.3) is 0 Å². The SMILES string of the molecule is C.CCOC(=O)/C(C#N)=C/c1ccccc1.CCOC(=O)CC#N.O=Cc1ccccc1. The third-order valence-electron chi connectivity index (χ3n) is 3.19. The Balaban J connectivity index is 0. The van der Waals surface area contributed by atoms with Gasteiger partial charge in [-0.15, -0.1) is 0 Å². The van der Waals surface area contributed by atoms with E-state index in [1.54, 1.807) is 32.0 Å². The number of hydrogen-bond donors (Lipinski definition) is 0. The van der Waals surface area contributed by atoms with Crippen molar-refractivity contribution in [2.45, 2.75) is 27.7 Å². The molecule has 0 unspecified atom stereocenters. The van der Waals surface area contributed by atoms with Gasteiger partial charge in [0, 0.05) is 5.56 Å². The van der Waals surface area contributed by atoms with Crippen molar-refractivity contribution >= 4 is 24.3 Å². The van der Waals surface area contributed by atoms with Gasteiger partial charge in [-0.25, -0.2) is 4.79 Å². The van der Waals surface area contributed by atoms with Gasteiger partial charge in [0.15, 0.2) is 0 Å². The van der Waals surface area contributed by atoms with Crippen LogP contribution in [0.4, 0.5) is 0 Å². The molecule has 2 aromatic carbocycles. The van der Waals surface area contributed by atoms with E-state index in [4.69, 9.17) is 15.3 Å². The number of nitrogens with zero attached hydrogens (tertiary/aromatic N) is 2. The number of nitriles is 2.